The quantitative estimate of drug-likeness (QED) is 0.0960. The van der Waals surface area contributed by atoms with Crippen LogP contribution in [0.2, 0.25) is 0 Å². The molecular formula is C38H49N4O2S2+. The number of β-amino-alcohol motifs (C(OH)–C–C–N with tert-alkyl or cyclic N) is 1. The molecule has 244 valence electrons. The van der Waals surface area contributed by atoms with E-state index in [1.54, 1.807) is 0 Å². The molecule has 0 spiro atoms. The van der Waals surface area contributed by atoms with Gasteiger partial charge in [0.05, 0.1) is 6.61 Å². The number of allylic oxidation sites excluding steroid dienone is 4. The number of hydrogen-bond acceptors (Lipinski definition) is 7. The van der Waals surface area contributed by atoms with Crippen LogP contribution < -0.4 is 14.4 Å². The molecule has 8 heteroatoms. The number of benzene rings is 2. The van der Waals surface area contributed by atoms with Crippen LogP contribution in [0, 0.1) is 0 Å². The maximum atomic E-state index is 9.13. The molecule has 0 amide bonds. The summed E-state index contributed by atoms with van der Waals surface area (Å²) in [6.07, 6.45) is 14.9. The monoisotopic (exact) mass is 657 g/mol. The van der Waals surface area contributed by atoms with Crippen LogP contribution in [0.1, 0.15) is 30.5 Å². The highest BCUT2D eigenvalue weighted by atomic mass is 33.1. The number of rotatable bonds is 17. The number of aliphatic hydroxyl groups is 2. The second-order valence-corrected chi connectivity index (χ2v) is 14.3. The second-order valence-electron chi connectivity index (χ2n) is 11.6. The molecule has 2 aromatic carbocycles. The summed E-state index contributed by atoms with van der Waals surface area (Å²) in [5.41, 5.74) is 9.76. The zero-order chi connectivity index (χ0) is 32.7. The average molecular weight is 658 g/mol. The molecule has 0 saturated heterocycles. The fourth-order valence-electron chi connectivity index (χ4n) is 5.14. The molecule has 2 heterocycles. The first kappa shape index (κ1) is 35.4. The Hall–Kier alpha value is -3.43. The lowest BCUT2D eigenvalue weighted by atomic mass is 10.0. The highest BCUT2D eigenvalue weighted by molar-refractivity contribution is 8.76. The first-order valence-corrected chi connectivity index (χ1v) is 18.4. The average Bonchev–Trinajstić information content (AvgIpc) is 3.07. The molecule has 0 unspecified atom stereocenters. The third-order valence-electron chi connectivity index (χ3n) is 8.10. The van der Waals surface area contributed by atoms with Gasteiger partial charge in [0.2, 0.25) is 0 Å². The molecule has 0 radical (unpaired) electrons. The summed E-state index contributed by atoms with van der Waals surface area (Å²) in [7, 11) is 8.21. The van der Waals surface area contributed by atoms with E-state index in [4.69, 9.17) is 10.2 Å². The van der Waals surface area contributed by atoms with Gasteiger partial charge in [-0.1, -0.05) is 64.1 Å². The normalized spacial score (nSPS) is 13.6. The molecule has 6 nitrogen and oxygen atoms in total. The minimum atomic E-state index is 0.148. The summed E-state index contributed by atoms with van der Waals surface area (Å²) in [6.45, 7) is 8.75. The number of aliphatic hydroxyl groups excluding tert-OH is 2. The van der Waals surface area contributed by atoms with Crippen molar-refractivity contribution in [3.05, 3.63) is 119 Å². The van der Waals surface area contributed by atoms with Crippen molar-refractivity contribution in [1.82, 2.24) is 4.90 Å². The minimum absolute atomic E-state index is 0.148. The van der Waals surface area contributed by atoms with E-state index in [2.05, 4.69) is 134 Å². The van der Waals surface area contributed by atoms with Gasteiger partial charge in [-0.25, -0.2) is 4.57 Å². The molecule has 1 aliphatic rings. The first-order valence-electron chi connectivity index (χ1n) is 15.9. The molecule has 0 atom stereocenters. The molecule has 0 aliphatic carbocycles. The van der Waals surface area contributed by atoms with Crippen LogP contribution in [0.25, 0.3) is 17.7 Å². The zero-order valence-corrected chi connectivity index (χ0v) is 29.3. The van der Waals surface area contributed by atoms with Crippen molar-refractivity contribution in [3.8, 4) is 0 Å². The van der Waals surface area contributed by atoms with Gasteiger partial charge in [0.1, 0.15) is 6.61 Å². The molecule has 1 aliphatic heterocycles. The summed E-state index contributed by atoms with van der Waals surface area (Å²) in [4.78, 5) is 6.76. The van der Waals surface area contributed by atoms with E-state index >= 15 is 0 Å². The molecule has 46 heavy (non-hydrogen) atoms. The van der Waals surface area contributed by atoms with Crippen molar-refractivity contribution in [3.63, 3.8) is 0 Å². The highest BCUT2D eigenvalue weighted by Crippen LogP contribution is 2.25. The minimum Gasteiger partial charge on any atom is -0.395 e. The molecule has 1 aromatic heterocycles. The lowest BCUT2D eigenvalue weighted by Gasteiger charge is -2.22. The first-order chi connectivity index (χ1) is 22.4. The number of pyridine rings is 1. The van der Waals surface area contributed by atoms with E-state index in [0.29, 0.717) is 13.1 Å². The van der Waals surface area contributed by atoms with E-state index < -0.39 is 0 Å². The Morgan fingerprint density at radius 1 is 0.783 bits per heavy atom. The van der Waals surface area contributed by atoms with Crippen LogP contribution in [-0.2, 0) is 6.54 Å². The van der Waals surface area contributed by atoms with Crippen LogP contribution in [0.5, 0.6) is 0 Å². The van der Waals surface area contributed by atoms with Gasteiger partial charge in [-0.2, -0.15) is 0 Å². The van der Waals surface area contributed by atoms with Gasteiger partial charge < -0.3 is 24.9 Å². The van der Waals surface area contributed by atoms with Gasteiger partial charge >= 0.3 is 0 Å². The summed E-state index contributed by atoms with van der Waals surface area (Å²) in [5, 5.41) is 18.2. The van der Waals surface area contributed by atoms with E-state index in [1.165, 1.54) is 44.8 Å². The van der Waals surface area contributed by atoms with Gasteiger partial charge in [0, 0.05) is 81.5 Å². The number of aromatic nitrogens is 1. The van der Waals surface area contributed by atoms with Crippen molar-refractivity contribution in [1.29, 1.82) is 0 Å². The predicted molar refractivity (Wildman–Crippen MR) is 201 cm³/mol. The van der Waals surface area contributed by atoms with E-state index in [0.717, 1.165) is 31.1 Å². The number of hydrogen-bond donors (Lipinski definition) is 2. The topological polar surface area (TPSA) is 54.1 Å². The van der Waals surface area contributed by atoms with Crippen LogP contribution in [0.4, 0.5) is 11.4 Å². The van der Waals surface area contributed by atoms with Crippen LogP contribution in [0.3, 0.4) is 0 Å². The van der Waals surface area contributed by atoms with Crippen molar-refractivity contribution in [2.24, 2.45) is 0 Å². The molecule has 0 bridgehead atoms. The lowest BCUT2D eigenvalue weighted by molar-refractivity contribution is -0.698. The standard InChI is InChI=1S/C38H49N4O2S2/c1-31(35-13-17-41(18-14-35)21-25-43)29-33-5-9-37(10-6-33)39(3)23-27-45-46-28-24-40(4)38-11-7-34(8-12-38)30-32(2)36-15-19-42(20-16-36)22-26-44/h5-19,29-30,43-44H,20-28H2,1-4H3/q+1/b32-30+. The summed E-state index contributed by atoms with van der Waals surface area (Å²) < 4.78 is 1.99. The lowest BCUT2D eigenvalue weighted by Crippen LogP contribution is -2.34. The van der Waals surface area contributed by atoms with Crippen LogP contribution >= 0.6 is 21.6 Å². The fraction of sp³-hybridized carbons (Fsp3) is 0.342. The van der Waals surface area contributed by atoms with Gasteiger partial charge in [0.25, 0.3) is 0 Å². The molecule has 0 saturated carbocycles. The molecular weight excluding hydrogens is 609 g/mol. The van der Waals surface area contributed by atoms with Crippen molar-refractivity contribution in [2.45, 2.75) is 20.4 Å². The maximum absolute atomic E-state index is 9.13. The Balaban J connectivity index is 1.14. The van der Waals surface area contributed by atoms with Gasteiger partial charge in [-0.15, -0.1) is 0 Å². The highest BCUT2D eigenvalue weighted by Gasteiger charge is 2.07. The second kappa shape index (κ2) is 18.6. The third-order valence-corrected chi connectivity index (χ3v) is 10.5. The molecule has 2 N–H and O–H groups in total. The van der Waals surface area contributed by atoms with Crippen molar-refractivity contribution < 1.29 is 14.8 Å². The van der Waals surface area contributed by atoms with Gasteiger partial charge in [-0.3, -0.25) is 0 Å². The largest absolute Gasteiger partial charge is 0.395 e. The van der Waals surface area contributed by atoms with E-state index in [-0.39, 0.29) is 13.2 Å². The molecule has 3 aromatic rings. The Morgan fingerprint density at radius 3 is 1.80 bits per heavy atom. The maximum Gasteiger partial charge on any atom is 0.171 e. The van der Waals surface area contributed by atoms with E-state index in [1.807, 2.05) is 38.5 Å². The smallest absolute Gasteiger partial charge is 0.171 e. The summed E-state index contributed by atoms with van der Waals surface area (Å²) in [5.74, 6) is 2.14. The SMILES string of the molecule is C/C(=C\c1ccc(N(C)CCSSCCN(C)c2ccc(/C=C(\C)c3cc[n+](CCO)cc3)cc2)cc1)C1=CCN(CCO)C=C1. The van der Waals surface area contributed by atoms with Gasteiger partial charge in [0.15, 0.2) is 18.9 Å². The Morgan fingerprint density at radius 2 is 1.33 bits per heavy atom. The van der Waals surface area contributed by atoms with E-state index in [9.17, 15) is 0 Å². The Labute approximate surface area is 283 Å². The van der Waals surface area contributed by atoms with Crippen molar-refractivity contribution in [2.75, 3.05) is 74.8 Å². The predicted octanol–water partition coefficient (Wildman–Crippen LogP) is 6.63. The molecule has 0 fully saturated rings. The Bertz CT molecular complexity index is 1480. The van der Waals surface area contributed by atoms with Crippen molar-refractivity contribution >= 4 is 50.7 Å². The van der Waals surface area contributed by atoms with Gasteiger partial charge in [-0.05, 0) is 77.6 Å². The fourth-order valence-corrected chi connectivity index (χ4v) is 7.23. The van der Waals surface area contributed by atoms with Crippen LogP contribution in [0.15, 0.2) is 103 Å². The summed E-state index contributed by atoms with van der Waals surface area (Å²) in [6, 6.07) is 21.8. The number of anilines is 2. The third kappa shape index (κ3) is 11.1. The Kier molecular flexibility index (Phi) is 14.4. The van der Waals surface area contributed by atoms with Crippen LogP contribution in [-0.4, -0.2) is 80.1 Å². The number of nitrogens with zero attached hydrogens (tertiary/aromatic N) is 4. The molecule has 4 rings (SSSR count). The zero-order valence-electron chi connectivity index (χ0n) is 27.7. The summed E-state index contributed by atoms with van der Waals surface area (Å²) >= 11 is 0.